The first kappa shape index (κ1) is 10.8. The van der Waals surface area contributed by atoms with Crippen molar-refractivity contribution in [2.45, 2.75) is 13.5 Å². The van der Waals surface area contributed by atoms with Gasteiger partial charge in [0, 0.05) is 5.56 Å². The van der Waals surface area contributed by atoms with Gasteiger partial charge in [0.15, 0.2) is 0 Å². The van der Waals surface area contributed by atoms with Crippen molar-refractivity contribution < 1.29 is 0 Å². The van der Waals surface area contributed by atoms with E-state index in [9.17, 15) is 0 Å². The Labute approximate surface area is 99.1 Å². The third-order valence-corrected chi connectivity index (χ3v) is 2.66. The summed E-state index contributed by atoms with van der Waals surface area (Å²) in [6.07, 6.45) is 3.22. The van der Waals surface area contributed by atoms with Crippen LogP contribution in [0.5, 0.6) is 0 Å². The lowest BCUT2D eigenvalue weighted by molar-refractivity contribution is 0.682. The quantitative estimate of drug-likeness (QED) is 0.810. The molecule has 1 heterocycles. The van der Waals surface area contributed by atoms with Crippen LogP contribution in [0.15, 0.2) is 30.9 Å². The van der Waals surface area contributed by atoms with Gasteiger partial charge in [-0.05, 0) is 24.1 Å². The summed E-state index contributed by atoms with van der Waals surface area (Å²) in [5.74, 6) is 0. The van der Waals surface area contributed by atoms with Crippen LogP contribution in [0.1, 0.15) is 16.7 Å². The van der Waals surface area contributed by atoms with Crippen LogP contribution in [-0.4, -0.2) is 19.8 Å². The monoisotopic (exact) mass is 232 g/mol. The van der Waals surface area contributed by atoms with E-state index >= 15 is 0 Å². The van der Waals surface area contributed by atoms with Crippen molar-refractivity contribution in [1.29, 1.82) is 0 Å². The molecule has 0 spiro atoms. The number of thiocarbonyl (C=S) groups is 1. The zero-order valence-electron chi connectivity index (χ0n) is 8.92. The molecule has 0 bridgehead atoms. The highest BCUT2D eigenvalue weighted by atomic mass is 32.1. The van der Waals surface area contributed by atoms with Crippen LogP contribution in [0.2, 0.25) is 0 Å². The number of benzene rings is 1. The fourth-order valence-electron chi connectivity index (χ4n) is 1.52. The summed E-state index contributed by atoms with van der Waals surface area (Å²) in [7, 11) is 0. The maximum Gasteiger partial charge on any atom is 0.137 e. The minimum Gasteiger partial charge on any atom is -0.389 e. The van der Waals surface area contributed by atoms with Crippen molar-refractivity contribution in [2.24, 2.45) is 5.73 Å². The molecular formula is C11H12N4S. The van der Waals surface area contributed by atoms with Crippen LogP contribution in [0.3, 0.4) is 0 Å². The molecule has 2 N–H and O–H groups in total. The summed E-state index contributed by atoms with van der Waals surface area (Å²) in [6, 6.07) is 5.95. The van der Waals surface area contributed by atoms with Crippen molar-refractivity contribution >= 4 is 17.2 Å². The summed E-state index contributed by atoms with van der Waals surface area (Å²) >= 11 is 4.93. The number of hydrogen-bond acceptors (Lipinski definition) is 3. The van der Waals surface area contributed by atoms with Crippen LogP contribution in [-0.2, 0) is 6.54 Å². The van der Waals surface area contributed by atoms with E-state index < -0.39 is 0 Å². The third-order valence-electron chi connectivity index (χ3n) is 2.43. The SMILES string of the molecule is Cc1cc(C(N)=S)ccc1Cn1cncn1. The first-order valence-electron chi connectivity index (χ1n) is 4.88. The molecular weight excluding hydrogens is 220 g/mol. The molecule has 82 valence electrons. The topological polar surface area (TPSA) is 56.7 Å². The normalized spacial score (nSPS) is 10.3. The highest BCUT2D eigenvalue weighted by molar-refractivity contribution is 7.80. The predicted molar refractivity (Wildman–Crippen MR) is 66.2 cm³/mol. The van der Waals surface area contributed by atoms with Crippen molar-refractivity contribution in [1.82, 2.24) is 14.8 Å². The number of hydrogen-bond donors (Lipinski definition) is 1. The molecule has 0 fully saturated rings. The molecule has 0 amide bonds. The van der Waals surface area contributed by atoms with Gasteiger partial charge in [-0.1, -0.05) is 24.4 Å². The highest BCUT2D eigenvalue weighted by Crippen LogP contribution is 2.12. The average molecular weight is 232 g/mol. The number of nitrogens with two attached hydrogens (primary N) is 1. The Morgan fingerprint density at radius 2 is 2.31 bits per heavy atom. The van der Waals surface area contributed by atoms with Gasteiger partial charge < -0.3 is 5.73 Å². The van der Waals surface area contributed by atoms with Gasteiger partial charge in [0.2, 0.25) is 0 Å². The molecule has 2 rings (SSSR count). The van der Waals surface area contributed by atoms with Crippen LogP contribution < -0.4 is 5.73 Å². The van der Waals surface area contributed by atoms with Gasteiger partial charge in [-0.3, -0.25) is 0 Å². The molecule has 16 heavy (non-hydrogen) atoms. The van der Waals surface area contributed by atoms with Gasteiger partial charge in [0.25, 0.3) is 0 Å². The van der Waals surface area contributed by atoms with Crippen molar-refractivity contribution in [3.63, 3.8) is 0 Å². The number of nitrogens with zero attached hydrogens (tertiary/aromatic N) is 3. The maximum atomic E-state index is 5.57. The van der Waals surface area contributed by atoms with Gasteiger partial charge in [-0.15, -0.1) is 0 Å². The van der Waals surface area contributed by atoms with Crippen molar-refractivity contribution in [2.75, 3.05) is 0 Å². The van der Waals surface area contributed by atoms with Gasteiger partial charge >= 0.3 is 0 Å². The van der Waals surface area contributed by atoms with E-state index in [0.29, 0.717) is 11.5 Å². The number of rotatable bonds is 3. The first-order valence-corrected chi connectivity index (χ1v) is 5.29. The molecule has 0 aliphatic heterocycles. The van der Waals surface area contributed by atoms with E-state index in [-0.39, 0.29) is 0 Å². The maximum absolute atomic E-state index is 5.57. The predicted octanol–water partition coefficient (Wildman–Crippen LogP) is 1.27. The minimum atomic E-state index is 0.426. The molecule has 5 heteroatoms. The fraction of sp³-hybridized carbons (Fsp3) is 0.182. The lowest BCUT2D eigenvalue weighted by atomic mass is 10.1. The van der Waals surface area contributed by atoms with Gasteiger partial charge in [-0.2, -0.15) is 5.10 Å². The lowest BCUT2D eigenvalue weighted by Gasteiger charge is -2.07. The second-order valence-electron chi connectivity index (χ2n) is 3.60. The molecule has 0 atom stereocenters. The Morgan fingerprint density at radius 3 is 2.88 bits per heavy atom. The smallest absolute Gasteiger partial charge is 0.137 e. The molecule has 0 saturated carbocycles. The molecule has 4 nitrogen and oxygen atoms in total. The molecule has 0 saturated heterocycles. The zero-order valence-corrected chi connectivity index (χ0v) is 9.74. The van der Waals surface area contributed by atoms with E-state index in [4.69, 9.17) is 18.0 Å². The number of aromatic nitrogens is 3. The van der Waals surface area contributed by atoms with E-state index in [2.05, 4.69) is 10.1 Å². The van der Waals surface area contributed by atoms with Gasteiger partial charge in [0.1, 0.15) is 17.6 Å². The van der Waals surface area contributed by atoms with Gasteiger partial charge in [0.05, 0.1) is 6.54 Å². The van der Waals surface area contributed by atoms with Crippen LogP contribution in [0.25, 0.3) is 0 Å². The molecule has 1 aromatic heterocycles. The van der Waals surface area contributed by atoms with E-state index in [0.717, 1.165) is 11.1 Å². The summed E-state index contributed by atoms with van der Waals surface area (Å²) in [4.78, 5) is 4.33. The standard InChI is InChI=1S/C11H12N4S/c1-8-4-9(11(12)16)2-3-10(8)5-15-7-13-6-14-15/h2-4,6-7H,5H2,1H3,(H2,12,16). The van der Waals surface area contributed by atoms with Crippen LogP contribution in [0.4, 0.5) is 0 Å². The summed E-state index contributed by atoms with van der Waals surface area (Å²) < 4.78 is 1.78. The molecule has 0 aliphatic rings. The molecule has 2 aromatic rings. The number of aryl methyl sites for hydroxylation is 1. The Bertz CT molecular complexity index is 505. The Hall–Kier alpha value is -1.75. The molecule has 0 unspecified atom stereocenters. The summed E-state index contributed by atoms with van der Waals surface area (Å²) in [6.45, 7) is 2.75. The first-order chi connectivity index (χ1) is 7.66. The third kappa shape index (κ3) is 2.25. The second-order valence-corrected chi connectivity index (χ2v) is 4.04. The minimum absolute atomic E-state index is 0.426. The van der Waals surface area contributed by atoms with Crippen LogP contribution >= 0.6 is 12.2 Å². The Kier molecular flexibility index (Phi) is 2.96. The fourth-order valence-corrected chi connectivity index (χ4v) is 1.64. The second kappa shape index (κ2) is 4.40. The molecule has 1 aromatic carbocycles. The summed E-state index contributed by atoms with van der Waals surface area (Å²) in [5, 5.41) is 4.07. The van der Waals surface area contributed by atoms with E-state index in [1.807, 2.05) is 25.1 Å². The van der Waals surface area contributed by atoms with E-state index in [1.54, 1.807) is 11.0 Å². The van der Waals surface area contributed by atoms with Crippen molar-refractivity contribution in [3.05, 3.63) is 47.5 Å². The lowest BCUT2D eigenvalue weighted by Crippen LogP contribution is -2.10. The van der Waals surface area contributed by atoms with E-state index in [1.165, 1.54) is 11.9 Å². The molecule has 0 radical (unpaired) electrons. The highest BCUT2D eigenvalue weighted by Gasteiger charge is 2.03. The Morgan fingerprint density at radius 1 is 1.50 bits per heavy atom. The largest absolute Gasteiger partial charge is 0.389 e. The van der Waals surface area contributed by atoms with Gasteiger partial charge in [-0.25, -0.2) is 9.67 Å². The average Bonchev–Trinajstić information content (AvgIpc) is 2.73. The summed E-state index contributed by atoms with van der Waals surface area (Å²) in [5.41, 5.74) is 8.81. The molecule has 0 aliphatic carbocycles. The zero-order chi connectivity index (χ0) is 11.5. The van der Waals surface area contributed by atoms with Crippen LogP contribution in [0, 0.1) is 6.92 Å². The Balaban J connectivity index is 2.26. The van der Waals surface area contributed by atoms with Crippen molar-refractivity contribution in [3.8, 4) is 0 Å².